The molecule has 0 unspecified atom stereocenters. The highest BCUT2D eigenvalue weighted by atomic mass is 19.1. The molecule has 0 amide bonds. The standard InChI is InChI=1S/C11H10FNO/c12-9-8(11(14)4-5-11)2-1-7-3-6-13-10(7)9/h1-3,6,13-14H,4-5H2. The second-order valence-electron chi connectivity index (χ2n) is 3.90. The summed E-state index contributed by atoms with van der Waals surface area (Å²) in [6, 6.07) is 5.33. The molecular weight excluding hydrogens is 181 g/mol. The smallest absolute Gasteiger partial charge is 0.153 e. The van der Waals surface area contributed by atoms with Gasteiger partial charge in [-0.3, -0.25) is 0 Å². The normalized spacial score (nSPS) is 18.7. The summed E-state index contributed by atoms with van der Waals surface area (Å²) < 4.78 is 13.8. The van der Waals surface area contributed by atoms with Gasteiger partial charge in [-0.2, -0.15) is 0 Å². The number of aromatic nitrogens is 1. The Kier molecular flexibility index (Phi) is 1.35. The van der Waals surface area contributed by atoms with E-state index in [9.17, 15) is 9.50 Å². The molecule has 2 nitrogen and oxygen atoms in total. The van der Waals surface area contributed by atoms with Crippen molar-refractivity contribution in [2.75, 3.05) is 0 Å². The number of aliphatic hydroxyl groups is 1. The van der Waals surface area contributed by atoms with E-state index in [1.807, 2.05) is 12.1 Å². The minimum Gasteiger partial charge on any atom is -0.385 e. The molecule has 2 N–H and O–H groups in total. The molecule has 1 aliphatic rings. The van der Waals surface area contributed by atoms with Crippen LogP contribution in [0.2, 0.25) is 0 Å². The van der Waals surface area contributed by atoms with Crippen LogP contribution in [-0.2, 0) is 5.60 Å². The average Bonchev–Trinajstić information content (AvgIpc) is 2.75. The van der Waals surface area contributed by atoms with Gasteiger partial charge in [0.25, 0.3) is 0 Å². The lowest BCUT2D eigenvalue weighted by Gasteiger charge is -2.09. The Hall–Kier alpha value is -1.35. The zero-order valence-electron chi connectivity index (χ0n) is 7.55. The first-order valence-electron chi connectivity index (χ1n) is 4.69. The van der Waals surface area contributed by atoms with Gasteiger partial charge in [-0.1, -0.05) is 12.1 Å². The summed E-state index contributed by atoms with van der Waals surface area (Å²) in [5, 5.41) is 10.7. The monoisotopic (exact) mass is 191 g/mol. The average molecular weight is 191 g/mol. The van der Waals surface area contributed by atoms with Crippen molar-refractivity contribution >= 4 is 10.9 Å². The Morgan fingerprint density at radius 1 is 1.29 bits per heavy atom. The van der Waals surface area contributed by atoms with Crippen LogP contribution in [0.4, 0.5) is 4.39 Å². The Bertz CT molecular complexity index is 499. The van der Waals surface area contributed by atoms with E-state index in [-0.39, 0.29) is 5.82 Å². The van der Waals surface area contributed by atoms with Gasteiger partial charge in [0.05, 0.1) is 11.1 Å². The van der Waals surface area contributed by atoms with E-state index in [2.05, 4.69) is 4.98 Å². The third-order valence-electron chi connectivity index (χ3n) is 2.89. The lowest BCUT2D eigenvalue weighted by molar-refractivity contribution is 0.147. The SMILES string of the molecule is OC1(c2ccc3cc[nH]c3c2F)CC1. The molecule has 0 saturated heterocycles. The number of nitrogens with one attached hydrogen (secondary N) is 1. The van der Waals surface area contributed by atoms with Crippen LogP contribution in [-0.4, -0.2) is 10.1 Å². The number of hydrogen-bond acceptors (Lipinski definition) is 1. The predicted octanol–water partition coefficient (Wildman–Crippen LogP) is 2.29. The summed E-state index contributed by atoms with van der Waals surface area (Å²) in [5.74, 6) is -0.312. The third-order valence-corrected chi connectivity index (χ3v) is 2.89. The second kappa shape index (κ2) is 2.36. The maximum atomic E-state index is 13.8. The summed E-state index contributed by atoms with van der Waals surface area (Å²) in [6.45, 7) is 0. The summed E-state index contributed by atoms with van der Waals surface area (Å²) >= 11 is 0. The molecule has 1 aliphatic carbocycles. The lowest BCUT2D eigenvalue weighted by Crippen LogP contribution is -2.07. The molecule has 0 aliphatic heterocycles. The van der Waals surface area contributed by atoms with Crippen molar-refractivity contribution in [1.82, 2.24) is 4.98 Å². The molecule has 14 heavy (non-hydrogen) atoms. The first kappa shape index (κ1) is 8.00. The van der Waals surface area contributed by atoms with Crippen LogP contribution in [0, 0.1) is 5.82 Å². The molecule has 1 saturated carbocycles. The van der Waals surface area contributed by atoms with Crippen molar-refractivity contribution in [1.29, 1.82) is 0 Å². The van der Waals surface area contributed by atoms with Crippen molar-refractivity contribution in [3.8, 4) is 0 Å². The fourth-order valence-corrected chi connectivity index (χ4v) is 1.84. The Morgan fingerprint density at radius 3 is 2.79 bits per heavy atom. The molecule has 0 spiro atoms. The second-order valence-corrected chi connectivity index (χ2v) is 3.90. The fraction of sp³-hybridized carbons (Fsp3) is 0.273. The fourth-order valence-electron chi connectivity index (χ4n) is 1.84. The first-order valence-corrected chi connectivity index (χ1v) is 4.69. The minimum atomic E-state index is -0.899. The topological polar surface area (TPSA) is 36.0 Å². The van der Waals surface area contributed by atoms with Gasteiger partial charge < -0.3 is 10.1 Å². The van der Waals surface area contributed by atoms with Crippen LogP contribution in [0.25, 0.3) is 10.9 Å². The van der Waals surface area contributed by atoms with Crippen LogP contribution in [0.5, 0.6) is 0 Å². The van der Waals surface area contributed by atoms with Crippen molar-refractivity contribution in [3.05, 3.63) is 35.8 Å². The highest BCUT2D eigenvalue weighted by Gasteiger charge is 2.44. The van der Waals surface area contributed by atoms with Gasteiger partial charge in [0, 0.05) is 17.1 Å². The molecule has 1 aromatic heterocycles. The molecule has 1 heterocycles. The van der Waals surface area contributed by atoms with Gasteiger partial charge in [0.1, 0.15) is 0 Å². The first-order chi connectivity index (χ1) is 6.71. The number of aromatic amines is 1. The molecule has 0 bridgehead atoms. The summed E-state index contributed by atoms with van der Waals surface area (Å²) in [5.41, 5.74) is 0.0129. The Morgan fingerprint density at radius 2 is 2.07 bits per heavy atom. The van der Waals surface area contributed by atoms with E-state index in [4.69, 9.17) is 0 Å². The van der Waals surface area contributed by atoms with Gasteiger partial charge in [-0.15, -0.1) is 0 Å². The van der Waals surface area contributed by atoms with Gasteiger partial charge in [0.15, 0.2) is 5.82 Å². The molecule has 1 aromatic carbocycles. The highest BCUT2D eigenvalue weighted by molar-refractivity contribution is 5.81. The van der Waals surface area contributed by atoms with Crippen molar-refractivity contribution < 1.29 is 9.50 Å². The minimum absolute atomic E-state index is 0.312. The molecule has 1 fully saturated rings. The maximum absolute atomic E-state index is 13.8. The summed E-state index contributed by atoms with van der Waals surface area (Å²) in [4.78, 5) is 2.84. The van der Waals surface area contributed by atoms with Gasteiger partial charge >= 0.3 is 0 Å². The van der Waals surface area contributed by atoms with Gasteiger partial charge in [-0.05, 0) is 18.9 Å². The Balaban J connectivity index is 2.30. The van der Waals surface area contributed by atoms with E-state index >= 15 is 0 Å². The number of halogens is 1. The number of hydrogen-bond donors (Lipinski definition) is 2. The van der Waals surface area contributed by atoms with Crippen molar-refractivity contribution in [2.45, 2.75) is 18.4 Å². The van der Waals surface area contributed by atoms with E-state index in [0.717, 1.165) is 5.39 Å². The van der Waals surface area contributed by atoms with E-state index in [0.29, 0.717) is 23.9 Å². The van der Waals surface area contributed by atoms with Crippen molar-refractivity contribution in [3.63, 3.8) is 0 Å². The number of benzene rings is 1. The van der Waals surface area contributed by atoms with E-state index < -0.39 is 5.60 Å². The van der Waals surface area contributed by atoms with Gasteiger partial charge in [-0.25, -0.2) is 4.39 Å². The number of fused-ring (bicyclic) bond motifs is 1. The van der Waals surface area contributed by atoms with Crippen LogP contribution < -0.4 is 0 Å². The van der Waals surface area contributed by atoms with Crippen molar-refractivity contribution in [2.24, 2.45) is 0 Å². The van der Waals surface area contributed by atoms with E-state index in [1.54, 1.807) is 12.3 Å². The number of H-pyrrole nitrogens is 1. The third kappa shape index (κ3) is 0.930. The predicted molar refractivity (Wildman–Crippen MR) is 51.4 cm³/mol. The molecular formula is C11H10FNO. The maximum Gasteiger partial charge on any atom is 0.153 e. The van der Waals surface area contributed by atoms with Crippen LogP contribution >= 0.6 is 0 Å². The van der Waals surface area contributed by atoms with E-state index in [1.165, 1.54) is 0 Å². The summed E-state index contributed by atoms with van der Waals surface area (Å²) in [7, 11) is 0. The van der Waals surface area contributed by atoms with Crippen LogP contribution in [0.3, 0.4) is 0 Å². The van der Waals surface area contributed by atoms with Crippen LogP contribution in [0.15, 0.2) is 24.4 Å². The molecule has 3 heteroatoms. The Labute approximate surface area is 80.4 Å². The number of rotatable bonds is 1. The molecule has 72 valence electrons. The summed E-state index contributed by atoms with van der Waals surface area (Å²) in [6.07, 6.45) is 3.03. The highest BCUT2D eigenvalue weighted by Crippen LogP contribution is 2.46. The largest absolute Gasteiger partial charge is 0.385 e. The molecule has 0 radical (unpaired) electrons. The van der Waals surface area contributed by atoms with Crippen LogP contribution in [0.1, 0.15) is 18.4 Å². The van der Waals surface area contributed by atoms with Gasteiger partial charge in [0.2, 0.25) is 0 Å². The molecule has 2 aromatic rings. The zero-order chi connectivity index (χ0) is 9.76. The molecule has 0 atom stereocenters. The molecule has 3 rings (SSSR count). The zero-order valence-corrected chi connectivity index (χ0v) is 7.55. The quantitative estimate of drug-likeness (QED) is 0.712. The lowest BCUT2D eigenvalue weighted by atomic mass is 10.1.